The van der Waals surface area contributed by atoms with Crippen molar-refractivity contribution in [1.29, 1.82) is 0 Å². The number of hydrogen-bond acceptors (Lipinski definition) is 3. The molecule has 0 saturated heterocycles. The van der Waals surface area contributed by atoms with Gasteiger partial charge in [0.1, 0.15) is 11.5 Å². The van der Waals surface area contributed by atoms with Gasteiger partial charge in [-0.3, -0.25) is 4.79 Å². The fourth-order valence-electron chi connectivity index (χ4n) is 2.02. The molecule has 0 fully saturated rings. The van der Waals surface area contributed by atoms with Crippen molar-refractivity contribution in [3.63, 3.8) is 0 Å². The molecule has 1 rings (SSSR count). The van der Waals surface area contributed by atoms with E-state index in [2.05, 4.69) is 13.8 Å². The second-order valence-corrected chi connectivity index (χ2v) is 5.11. The number of carbonyl (C=O) groups is 1. The van der Waals surface area contributed by atoms with Crippen molar-refractivity contribution in [3.8, 4) is 11.5 Å². The van der Waals surface area contributed by atoms with E-state index in [9.17, 15) is 9.90 Å². The number of aromatic hydroxyl groups is 1. The van der Waals surface area contributed by atoms with E-state index in [1.165, 1.54) is 6.07 Å². The zero-order valence-corrected chi connectivity index (χ0v) is 12.7. The van der Waals surface area contributed by atoms with Gasteiger partial charge in [-0.15, -0.1) is 0 Å². The SMILES string of the molecule is CCCCCCC(=O)c1ccc(OCCCC)cc1O. The monoisotopic (exact) mass is 278 g/mol. The highest BCUT2D eigenvalue weighted by Crippen LogP contribution is 2.25. The first-order chi connectivity index (χ1) is 9.69. The van der Waals surface area contributed by atoms with Gasteiger partial charge in [-0.05, 0) is 25.0 Å². The lowest BCUT2D eigenvalue weighted by atomic mass is 10.0. The molecule has 0 aliphatic heterocycles. The lowest BCUT2D eigenvalue weighted by molar-refractivity contribution is 0.0976. The molecule has 0 radical (unpaired) electrons. The maximum absolute atomic E-state index is 12.0. The summed E-state index contributed by atoms with van der Waals surface area (Å²) < 4.78 is 5.50. The molecule has 0 aliphatic rings. The Hall–Kier alpha value is -1.51. The van der Waals surface area contributed by atoms with Crippen molar-refractivity contribution >= 4 is 5.78 Å². The molecule has 0 aromatic heterocycles. The van der Waals surface area contributed by atoms with Crippen molar-refractivity contribution in [2.45, 2.75) is 58.8 Å². The van der Waals surface area contributed by atoms with E-state index in [0.29, 0.717) is 24.3 Å². The first-order valence-electron chi connectivity index (χ1n) is 7.68. The van der Waals surface area contributed by atoms with Gasteiger partial charge in [0.2, 0.25) is 0 Å². The van der Waals surface area contributed by atoms with Gasteiger partial charge in [-0.1, -0.05) is 39.5 Å². The minimum absolute atomic E-state index is 0.0127. The maximum atomic E-state index is 12.0. The molecule has 0 spiro atoms. The van der Waals surface area contributed by atoms with Crippen LogP contribution in [0.4, 0.5) is 0 Å². The summed E-state index contributed by atoms with van der Waals surface area (Å²) in [6.45, 7) is 4.88. The molecular weight excluding hydrogens is 252 g/mol. The molecule has 20 heavy (non-hydrogen) atoms. The van der Waals surface area contributed by atoms with E-state index in [1.807, 2.05) is 0 Å². The normalized spacial score (nSPS) is 10.5. The van der Waals surface area contributed by atoms with Crippen LogP contribution in [0.1, 0.15) is 69.2 Å². The van der Waals surface area contributed by atoms with E-state index in [4.69, 9.17) is 4.74 Å². The number of hydrogen-bond donors (Lipinski definition) is 1. The predicted octanol–water partition coefficient (Wildman–Crippen LogP) is 4.72. The lowest BCUT2D eigenvalue weighted by Crippen LogP contribution is -2.01. The third-order valence-electron chi connectivity index (χ3n) is 3.29. The minimum atomic E-state index is 0.0127. The molecule has 0 bridgehead atoms. The molecule has 0 atom stereocenters. The molecular formula is C17H26O3. The number of carbonyl (C=O) groups excluding carboxylic acids is 1. The number of benzene rings is 1. The number of Topliss-reactive ketones (excluding diaryl/α,β-unsaturated/α-hetero) is 1. The molecule has 0 saturated carbocycles. The Morgan fingerprint density at radius 2 is 1.85 bits per heavy atom. The summed E-state index contributed by atoms with van der Waals surface area (Å²) >= 11 is 0. The van der Waals surface area contributed by atoms with Crippen LogP contribution in [0, 0.1) is 0 Å². The molecule has 0 unspecified atom stereocenters. The highest BCUT2D eigenvalue weighted by Gasteiger charge is 2.11. The van der Waals surface area contributed by atoms with Crippen LogP contribution in [0.25, 0.3) is 0 Å². The van der Waals surface area contributed by atoms with Crippen LogP contribution >= 0.6 is 0 Å². The fraction of sp³-hybridized carbons (Fsp3) is 0.588. The van der Waals surface area contributed by atoms with Gasteiger partial charge in [0.25, 0.3) is 0 Å². The van der Waals surface area contributed by atoms with E-state index in [1.54, 1.807) is 12.1 Å². The summed E-state index contributed by atoms with van der Waals surface area (Å²) in [5.41, 5.74) is 0.407. The van der Waals surface area contributed by atoms with Crippen LogP contribution in [0.3, 0.4) is 0 Å². The van der Waals surface area contributed by atoms with Crippen LogP contribution in [0.2, 0.25) is 0 Å². The number of rotatable bonds is 10. The van der Waals surface area contributed by atoms with Crippen LogP contribution in [0.5, 0.6) is 11.5 Å². The number of ketones is 1. The predicted molar refractivity (Wildman–Crippen MR) is 81.6 cm³/mol. The minimum Gasteiger partial charge on any atom is -0.507 e. The Kier molecular flexibility index (Phi) is 7.78. The van der Waals surface area contributed by atoms with Gasteiger partial charge in [-0.2, -0.15) is 0 Å². The van der Waals surface area contributed by atoms with Gasteiger partial charge < -0.3 is 9.84 Å². The average Bonchev–Trinajstić information content (AvgIpc) is 2.44. The average molecular weight is 278 g/mol. The maximum Gasteiger partial charge on any atom is 0.166 e. The fourth-order valence-corrected chi connectivity index (χ4v) is 2.02. The van der Waals surface area contributed by atoms with Crippen LogP contribution in [-0.2, 0) is 0 Å². The summed E-state index contributed by atoms with van der Waals surface area (Å²) in [7, 11) is 0. The first-order valence-corrected chi connectivity index (χ1v) is 7.68. The van der Waals surface area contributed by atoms with Crippen molar-refractivity contribution in [2.24, 2.45) is 0 Å². The first kappa shape index (κ1) is 16.5. The molecule has 1 aromatic rings. The standard InChI is InChI=1S/C17H26O3/c1-3-5-7-8-9-16(18)15-11-10-14(13-17(15)19)20-12-6-4-2/h10-11,13,19H,3-9,12H2,1-2H3. The van der Waals surface area contributed by atoms with Gasteiger partial charge >= 0.3 is 0 Å². The van der Waals surface area contributed by atoms with Crippen molar-refractivity contribution in [3.05, 3.63) is 23.8 Å². The van der Waals surface area contributed by atoms with Gasteiger partial charge in [0.05, 0.1) is 12.2 Å². The summed E-state index contributed by atoms with van der Waals surface area (Å²) in [6.07, 6.45) is 6.83. The molecule has 1 N–H and O–H groups in total. The molecule has 0 heterocycles. The zero-order valence-electron chi connectivity index (χ0n) is 12.7. The van der Waals surface area contributed by atoms with E-state index in [0.717, 1.165) is 38.5 Å². The Bertz CT molecular complexity index is 413. The molecule has 3 heteroatoms. The summed E-state index contributed by atoms with van der Waals surface area (Å²) in [6, 6.07) is 4.96. The second kappa shape index (κ2) is 9.40. The van der Waals surface area contributed by atoms with Gasteiger partial charge in [-0.25, -0.2) is 0 Å². The van der Waals surface area contributed by atoms with Crippen molar-refractivity contribution in [2.75, 3.05) is 6.61 Å². The van der Waals surface area contributed by atoms with Crippen molar-refractivity contribution < 1.29 is 14.6 Å². The van der Waals surface area contributed by atoms with Crippen molar-refractivity contribution in [1.82, 2.24) is 0 Å². The number of ether oxygens (including phenoxy) is 1. The number of phenols is 1. The Morgan fingerprint density at radius 3 is 2.50 bits per heavy atom. The van der Waals surface area contributed by atoms with Crippen LogP contribution in [-0.4, -0.2) is 17.5 Å². The Labute approximate surface area is 122 Å². The topological polar surface area (TPSA) is 46.5 Å². The Balaban J connectivity index is 2.51. The quantitative estimate of drug-likeness (QED) is 0.497. The van der Waals surface area contributed by atoms with Crippen LogP contribution in [0.15, 0.2) is 18.2 Å². The number of unbranched alkanes of at least 4 members (excludes halogenated alkanes) is 4. The second-order valence-electron chi connectivity index (χ2n) is 5.11. The zero-order chi connectivity index (χ0) is 14.8. The van der Waals surface area contributed by atoms with Gasteiger partial charge in [0.15, 0.2) is 5.78 Å². The molecule has 0 aliphatic carbocycles. The molecule has 3 nitrogen and oxygen atoms in total. The van der Waals surface area contributed by atoms with E-state index in [-0.39, 0.29) is 11.5 Å². The van der Waals surface area contributed by atoms with Gasteiger partial charge in [0, 0.05) is 12.5 Å². The summed E-state index contributed by atoms with van der Waals surface area (Å²) in [5, 5.41) is 9.92. The largest absolute Gasteiger partial charge is 0.507 e. The third-order valence-corrected chi connectivity index (χ3v) is 3.29. The van der Waals surface area contributed by atoms with E-state index < -0.39 is 0 Å². The molecule has 1 aromatic carbocycles. The summed E-state index contributed by atoms with van der Waals surface area (Å²) in [5.74, 6) is 0.664. The van der Waals surface area contributed by atoms with Crippen LogP contribution < -0.4 is 4.74 Å². The highest BCUT2D eigenvalue weighted by molar-refractivity contribution is 5.98. The van der Waals surface area contributed by atoms with E-state index >= 15 is 0 Å². The smallest absolute Gasteiger partial charge is 0.166 e. The highest BCUT2D eigenvalue weighted by atomic mass is 16.5. The molecule has 0 amide bonds. The Morgan fingerprint density at radius 1 is 1.10 bits per heavy atom. The lowest BCUT2D eigenvalue weighted by Gasteiger charge is -2.08. The summed E-state index contributed by atoms with van der Waals surface area (Å²) in [4.78, 5) is 12.0. The molecule has 112 valence electrons. The number of phenolic OH excluding ortho intramolecular Hbond substituents is 1. The third kappa shape index (κ3) is 5.64.